The van der Waals surface area contributed by atoms with E-state index in [0.717, 1.165) is 0 Å². The van der Waals surface area contributed by atoms with Crippen LogP contribution in [0.5, 0.6) is 5.75 Å². The van der Waals surface area contributed by atoms with Crippen molar-refractivity contribution in [3.05, 3.63) is 70.0 Å². The lowest BCUT2D eigenvalue weighted by Gasteiger charge is -2.09. The number of aromatic nitrogens is 3. The van der Waals surface area contributed by atoms with E-state index in [0.29, 0.717) is 34.5 Å². The normalized spacial score (nSPS) is 10.5. The number of non-ortho nitro benzene ring substituents is 1. The minimum atomic E-state index is -0.504. The van der Waals surface area contributed by atoms with Crippen LogP contribution in [0, 0.1) is 10.1 Å². The fourth-order valence-corrected chi connectivity index (χ4v) is 3.69. The van der Waals surface area contributed by atoms with Crippen molar-refractivity contribution in [3.63, 3.8) is 0 Å². The summed E-state index contributed by atoms with van der Waals surface area (Å²) in [7, 11) is 1.56. The molecule has 2 aromatic carbocycles. The number of carbonyl (C=O) groups is 2. The average Bonchev–Trinajstić information content (AvgIpc) is 3.23. The number of thioether (sulfide) groups is 1. The summed E-state index contributed by atoms with van der Waals surface area (Å²) >= 11 is 1.21. The molecule has 0 saturated carbocycles. The van der Waals surface area contributed by atoms with E-state index in [1.165, 1.54) is 36.0 Å². The summed E-state index contributed by atoms with van der Waals surface area (Å²) in [5.41, 5.74) is 0.908. The summed E-state index contributed by atoms with van der Waals surface area (Å²) in [4.78, 5) is 34.8. The highest BCUT2D eigenvalue weighted by molar-refractivity contribution is 7.99. The molecule has 3 aromatic rings. The number of hydrogen-bond donors (Lipinski definition) is 2. The van der Waals surface area contributed by atoms with E-state index in [1.54, 1.807) is 31.4 Å². The van der Waals surface area contributed by atoms with Crippen LogP contribution in [0.2, 0.25) is 0 Å². The van der Waals surface area contributed by atoms with Crippen LogP contribution in [0.3, 0.4) is 0 Å². The van der Waals surface area contributed by atoms with Crippen LogP contribution in [-0.4, -0.2) is 44.4 Å². The largest absolute Gasteiger partial charge is 0.497 e. The quantitative estimate of drug-likeness (QED) is 0.262. The van der Waals surface area contributed by atoms with Crippen LogP contribution >= 0.6 is 11.8 Å². The topological polar surface area (TPSA) is 141 Å². The summed E-state index contributed by atoms with van der Waals surface area (Å²) in [5, 5.41) is 25.0. The zero-order chi connectivity index (χ0) is 23.8. The number of ether oxygens (including phenoxy) is 1. The van der Waals surface area contributed by atoms with Gasteiger partial charge in [-0.05, 0) is 43.3 Å². The summed E-state index contributed by atoms with van der Waals surface area (Å²) in [6.07, 6.45) is 0. The molecule has 0 bridgehead atoms. The van der Waals surface area contributed by atoms with Gasteiger partial charge in [-0.2, -0.15) is 0 Å². The Bertz CT molecular complexity index is 1130. The number of nitro benzene ring substituents is 1. The summed E-state index contributed by atoms with van der Waals surface area (Å²) in [6, 6.07) is 12.3. The van der Waals surface area contributed by atoms with Gasteiger partial charge in [0, 0.05) is 29.9 Å². The van der Waals surface area contributed by atoms with Gasteiger partial charge in [0.05, 0.1) is 24.3 Å². The molecule has 0 saturated heterocycles. The fourth-order valence-electron chi connectivity index (χ4n) is 2.87. The fraction of sp³-hybridized carbons (Fsp3) is 0.238. The Balaban J connectivity index is 1.54. The van der Waals surface area contributed by atoms with Crippen molar-refractivity contribution in [2.75, 3.05) is 18.2 Å². The van der Waals surface area contributed by atoms with Crippen molar-refractivity contribution in [1.82, 2.24) is 20.1 Å². The number of benzene rings is 2. The van der Waals surface area contributed by atoms with E-state index in [4.69, 9.17) is 4.74 Å². The van der Waals surface area contributed by atoms with E-state index in [1.807, 2.05) is 11.5 Å². The Kier molecular flexibility index (Phi) is 7.97. The number of amides is 2. The minimum Gasteiger partial charge on any atom is -0.497 e. The number of nitrogens with zero attached hydrogens (tertiary/aromatic N) is 4. The van der Waals surface area contributed by atoms with Crippen LogP contribution < -0.4 is 15.4 Å². The van der Waals surface area contributed by atoms with Crippen LogP contribution in [0.4, 0.5) is 11.4 Å². The molecule has 11 nitrogen and oxygen atoms in total. The Hall–Kier alpha value is -3.93. The van der Waals surface area contributed by atoms with E-state index >= 15 is 0 Å². The van der Waals surface area contributed by atoms with Gasteiger partial charge in [-0.1, -0.05) is 11.8 Å². The van der Waals surface area contributed by atoms with Gasteiger partial charge < -0.3 is 19.9 Å². The smallest absolute Gasteiger partial charge is 0.269 e. The van der Waals surface area contributed by atoms with Gasteiger partial charge in [0.25, 0.3) is 11.6 Å². The molecule has 0 unspecified atom stereocenters. The third-order valence-corrected chi connectivity index (χ3v) is 5.53. The summed E-state index contributed by atoms with van der Waals surface area (Å²) < 4.78 is 6.91. The maximum absolute atomic E-state index is 12.4. The number of nitrogens with one attached hydrogen (secondary N) is 2. The van der Waals surface area contributed by atoms with Crippen molar-refractivity contribution < 1.29 is 19.2 Å². The van der Waals surface area contributed by atoms with Crippen molar-refractivity contribution in [3.8, 4) is 5.75 Å². The second-order valence-electron chi connectivity index (χ2n) is 6.70. The standard InChI is InChI=1S/C21H22N6O5S/c1-3-26-18(12-22-20(29)14-4-10-17(32-2)11-5-14)24-25-21(26)33-13-19(28)23-15-6-8-16(9-7-15)27(30)31/h4-11H,3,12-13H2,1-2H3,(H,22,29)(H,23,28). The van der Waals surface area contributed by atoms with E-state index < -0.39 is 4.92 Å². The number of nitro groups is 1. The van der Waals surface area contributed by atoms with Crippen molar-refractivity contribution in [2.24, 2.45) is 0 Å². The maximum Gasteiger partial charge on any atom is 0.269 e. The summed E-state index contributed by atoms with van der Waals surface area (Å²) in [6.45, 7) is 2.66. The molecule has 3 rings (SSSR count). The molecule has 1 heterocycles. The molecule has 0 aliphatic carbocycles. The molecular formula is C21H22N6O5S. The second-order valence-corrected chi connectivity index (χ2v) is 7.64. The van der Waals surface area contributed by atoms with Gasteiger partial charge in [0.15, 0.2) is 11.0 Å². The van der Waals surface area contributed by atoms with Crippen molar-refractivity contribution >= 4 is 35.0 Å². The molecule has 0 spiro atoms. The molecule has 0 aliphatic rings. The zero-order valence-corrected chi connectivity index (χ0v) is 18.8. The number of rotatable bonds is 10. The van der Waals surface area contributed by atoms with E-state index in [2.05, 4.69) is 20.8 Å². The van der Waals surface area contributed by atoms with E-state index in [-0.39, 0.29) is 29.8 Å². The number of hydrogen-bond acceptors (Lipinski definition) is 8. The highest BCUT2D eigenvalue weighted by Crippen LogP contribution is 2.19. The Morgan fingerprint density at radius 3 is 2.42 bits per heavy atom. The molecule has 1 aromatic heterocycles. The molecule has 0 aliphatic heterocycles. The first-order chi connectivity index (χ1) is 15.9. The molecule has 12 heteroatoms. The molecule has 2 N–H and O–H groups in total. The lowest BCUT2D eigenvalue weighted by Crippen LogP contribution is -2.24. The Labute approximate surface area is 193 Å². The van der Waals surface area contributed by atoms with Gasteiger partial charge in [-0.15, -0.1) is 10.2 Å². The van der Waals surface area contributed by atoms with Gasteiger partial charge in [0.1, 0.15) is 5.75 Å². The number of methoxy groups -OCH3 is 1. The first kappa shape index (κ1) is 23.7. The number of carbonyl (C=O) groups excluding carboxylic acids is 2. The minimum absolute atomic E-state index is 0.0509. The van der Waals surface area contributed by atoms with Gasteiger partial charge >= 0.3 is 0 Å². The van der Waals surface area contributed by atoms with Gasteiger partial charge in [0.2, 0.25) is 5.91 Å². The summed E-state index contributed by atoms with van der Waals surface area (Å²) in [5.74, 6) is 0.774. The molecule has 0 fully saturated rings. The maximum atomic E-state index is 12.4. The SMILES string of the molecule is CCn1c(CNC(=O)c2ccc(OC)cc2)nnc1SCC(=O)Nc1ccc([N+](=O)[O-])cc1. The highest BCUT2D eigenvalue weighted by atomic mass is 32.2. The van der Waals surface area contributed by atoms with Crippen LogP contribution in [0.1, 0.15) is 23.1 Å². The molecule has 2 amide bonds. The van der Waals surface area contributed by atoms with Crippen molar-refractivity contribution in [1.29, 1.82) is 0 Å². The lowest BCUT2D eigenvalue weighted by molar-refractivity contribution is -0.384. The average molecular weight is 471 g/mol. The zero-order valence-electron chi connectivity index (χ0n) is 18.0. The third-order valence-electron chi connectivity index (χ3n) is 4.56. The number of anilines is 1. The predicted octanol–water partition coefficient (Wildman–Crippen LogP) is 2.88. The van der Waals surface area contributed by atoms with Crippen LogP contribution in [0.25, 0.3) is 0 Å². The molecular weight excluding hydrogens is 448 g/mol. The molecule has 33 heavy (non-hydrogen) atoms. The first-order valence-corrected chi connectivity index (χ1v) is 10.9. The predicted molar refractivity (Wildman–Crippen MR) is 122 cm³/mol. The monoisotopic (exact) mass is 470 g/mol. The Morgan fingerprint density at radius 2 is 1.82 bits per heavy atom. The van der Waals surface area contributed by atoms with Crippen LogP contribution in [0.15, 0.2) is 53.7 Å². The van der Waals surface area contributed by atoms with Gasteiger partial charge in [-0.3, -0.25) is 19.7 Å². The van der Waals surface area contributed by atoms with Crippen LogP contribution in [-0.2, 0) is 17.9 Å². The molecule has 172 valence electrons. The molecule has 0 radical (unpaired) electrons. The lowest BCUT2D eigenvalue weighted by atomic mass is 10.2. The first-order valence-electron chi connectivity index (χ1n) is 9.92. The third kappa shape index (κ3) is 6.29. The van der Waals surface area contributed by atoms with Gasteiger partial charge in [-0.25, -0.2) is 0 Å². The van der Waals surface area contributed by atoms with Crippen molar-refractivity contribution in [2.45, 2.75) is 25.2 Å². The Morgan fingerprint density at radius 1 is 1.12 bits per heavy atom. The highest BCUT2D eigenvalue weighted by Gasteiger charge is 2.15. The molecule has 0 atom stereocenters. The van der Waals surface area contributed by atoms with E-state index in [9.17, 15) is 19.7 Å². The second kappa shape index (κ2) is 11.1.